The third-order valence-electron chi connectivity index (χ3n) is 3.31. The molecule has 1 aliphatic rings. The van der Waals surface area contributed by atoms with Crippen LogP contribution in [0.4, 0.5) is 0 Å². The smallest absolute Gasteiger partial charge is 0.317 e. The molecule has 1 aliphatic heterocycles. The quantitative estimate of drug-likeness (QED) is 0.766. The summed E-state index contributed by atoms with van der Waals surface area (Å²) < 4.78 is 0. The average molecular weight is 228 g/mol. The van der Waals surface area contributed by atoms with Gasteiger partial charge in [-0.25, -0.2) is 0 Å². The third-order valence-corrected chi connectivity index (χ3v) is 3.31. The molecule has 4 nitrogen and oxygen atoms in total. The van der Waals surface area contributed by atoms with Gasteiger partial charge in [0.15, 0.2) is 0 Å². The van der Waals surface area contributed by atoms with Crippen LogP contribution < -0.4 is 0 Å². The number of carboxylic acids is 1. The van der Waals surface area contributed by atoms with Gasteiger partial charge >= 0.3 is 5.97 Å². The van der Waals surface area contributed by atoms with Crippen LogP contribution >= 0.6 is 0 Å². The van der Waals surface area contributed by atoms with Gasteiger partial charge in [-0.1, -0.05) is 20.3 Å². The number of rotatable bonds is 5. The van der Waals surface area contributed by atoms with E-state index in [1.54, 1.807) is 0 Å². The van der Waals surface area contributed by atoms with Gasteiger partial charge in [-0.05, 0) is 18.9 Å². The minimum Gasteiger partial charge on any atom is -0.480 e. The van der Waals surface area contributed by atoms with E-state index in [0.29, 0.717) is 0 Å². The molecule has 0 radical (unpaired) electrons. The molecule has 0 saturated carbocycles. The minimum absolute atomic E-state index is 0.192. The molecule has 4 heteroatoms. The Morgan fingerprint density at radius 3 is 2.50 bits per heavy atom. The van der Waals surface area contributed by atoms with Crippen molar-refractivity contribution < 1.29 is 9.90 Å². The van der Waals surface area contributed by atoms with E-state index in [-0.39, 0.29) is 6.54 Å². The van der Waals surface area contributed by atoms with E-state index in [1.165, 1.54) is 6.42 Å². The van der Waals surface area contributed by atoms with Crippen LogP contribution in [0.25, 0.3) is 0 Å². The second-order valence-electron chi connectivity index (χ2n) is 4.84. The lowest BCUT2D eigenvalue weighted by Crippen LogP contribution is -2.35. The van der Waals surface area contributed by atoms with Crippen molar-refractivity contribution >= 4 is 5.97 Å². The molecule has 1 saturated heterocycles. The molecule has 0 amide bonds. The first-order valence-corrected chi connectivity index (χ1v) is 6.28. The van der Waals surface area contributed by atoms with Crippen molar-refractivity contribution in [3.05, 3.63) is 0 Å². The van der Waals surface area contributed by atoms with Crippen molar-refractivity contribution in [3.63, 3.8) is 0 Å². The highest BCUT2D eigenvalue weighted by atomic mass is 16.4. The Labute approximate surface area is 98.2 Å². The van der Waals surface area contributed by atoms with Gasteiger partial charge in [0.05, 0.1) is 6.54 Å². The van der Waals surface area contributed by atoms with Gasteiger partial charge in [-0.15, -0.1) is 0 Å². The maximum Gasteiger partial charge on any atom is 0.317 e. The molecule has 16 heavy (non-hydrogen) atoms. The summed E-state index contributed by atoms with van der Waals surface area (Å²) in [6.45, 7) is 9.78. The summed E-state index contributed by atoms with van der Waals surface area (Å²) in [5.74, 6) is 0.0291. The fourth-order valence-electron chi connectivity index (χ4n) is 2.13. The van der Waals surface area contributed by atoms with Crippen LogP contribution in [0.15, 0.2) is 0 Å². The minimum atomic E-state index is -0.713. The molecule has 1 heterocycles. The molecular formula is C12H24N2O2. The van der Waals surface area contributed by atoms with E-state index in [9.17, 15) is 4.79 Å². The Kier molecular flexibility index (Phi) is 5.77. The van der Waals surface area contributed by atoms with E-state index >= 15 is 0 Å². The van der Waals surface area contributed by atoms with Crippen molar-refractivity contribution in [2.24, 2.45) is 5.92 Å². The standard InChI is InChI=1S/C12H24N2O2/c1-3-11(2)9-13-5-4-6-14(8-7-13)10-12(15)16/h11H,3-10H2,1-2H3,(H,15,16). The number of nitrogens with zero attached hydrogens (tertiary/aromatic N) is 2. The van der Waals surface area contributed by atoms with Crippen molar-refractivity contribution in [1.29, 1.82) is 0 Å². The first-order chi connectivity index (χ1) is 7.61. The molecule has 1 unspecified atom stereocenters. The predicted octanol–water partition coefficient (Wildman–Crippen LogP) is 1.12. The molecule has 0 aromatic carbocycles. The Hall–Kier alpha value is -0.610. The number of hydrogen-bond donors (Lipinski definition) is 1. The Balaban J connectivity index is 2.31. The van der Waals surface area contributed by atoms with Crippen molar-refractivity contribution in [2.45, 2.75) is 26.7 Å². The van der Waals surface area contributed by atoms with E-state index in [0.717, 1.165) is 45.1 Å². The van der Waals surface area contributed by atoms with Crippen LogP contribution in [-0.2, 0) is 4.79 Å². The molecule has 0 spiro atoms. The maximum absolute atomic E-state index is 10.6. The van der Waals surface area contributed by atoms with Crippen LogP contribution in [-0.4, -0.2) is 60.1 Å². The Morgan fingerprint density at radius 2 is 1.88 bits per heavy atom. The summed E-state index contributed by atoms with van der Waals surface area (Å²) in [6.07, 6.45) is 2.30. The first-order valence-electron chi connectivity index (χ1n) is 6.28. The van der Waals surface area contributed by atoms with Gasteiger partial charge in [-0.2, -0.15) is 0 Å². The zero-order valence-corrected chi connectivity index (χ0v) is 10.5. The number of hydrogen-bond acceptors (Lipinski definition) is 3. The summed E-state index contributed by atoms with van der Waals surface area (Å²) in [5.41, 5.74) is 0. The summed E-state index contributed by atoms with van der Waals surface area (Å²) in [4.78, 5) is 15.1. The Bertz CT molecular complexity index is 221. The maximum atomic E-state index is 10.6. The highest BCUT2D eigenvalue weighted by Gasteiger charge is 2.17. The van der Waals surface area contributed by atoms with Crippen LogP contribution in [0.3, 0.4) is 0 Å². The normalized spacial score (nSPS) is 21.6. The van der Waals surface area contributed by atoms with Gasteiger partial charge in [0, 0.05) is 26.2 Å². The van der Waals surface area contributed by atoms with E-state index in [2.05, 4.69) is 18.7 Å². The molecule has 0 bridgehead atoms. The third kappa shape index (κ3) is 4.94. The molecule has 1 rings (SSSR count). The monoisotopic (exact) mass is 228 g/mol. The second kappa shape index (κ2) is 6.86. The van der Waals surface area contributed by atoms with Gasteiger partial charge in [-0.3, -0.25) is 9.69 Å². The van der Waals surface area contributed by atoms with Crippen molar-refractivity contribution in [3.8, 4) is 0 Å². The molecule has 94 valence electrons. The molecule has 0 aromatic rings. The zero-order valence-electron chi connectivity index (χ0n) is 10.5. The predicted molar refractivity (Wildman–Crippen MR) is 64.6 cm³/mol. The van der Waals surface area contributed by atoms with Crippen molar-refractivity contribution in [2.75, 3.05) is 39.3 Å². The SMILES string of the molecule is CCC(C)CN1CCCN(CC(=O)O)CC1. The number of carbonyl (C=O) groups is 1. The summed E-state index contributed by atoms with van der Waals surface area (Å²) >= 11 is 0. The molecule has 0 aromatic heterocycles. The van der Waals surface area contributed by atoms with Crippen LogP contribution in [0, 0.1) is 5.92 Å². The van der Waals surface area contributed by atoms with Crippen molar-refractivity contribution in [1.82, 2.24) is 9.80 Å². The van der Waals surface area contributed by atoms with Gasteiger partial charge in [0.25, 0.3) is 0 Å². The van der Waals surface area contributed by atoms with Crippen LogP contribution in [0.2, 0.25) is 0 Å². The second-order valence-corrected chi connectivity index (χ2v) is 4.84. The molecule has 1 atom stereocenters. The number of carboxylic acid groups (broad SMARTS) is 1. The van der Waals surface area contributed by atoms with Gasteiger partial charge in [0.2, 0.25) is 0 Å². The molecule has 0 aliphatic carbocycles. The van der Waals surface area contributed by atoms with Crippen LogP contribution in [0.5, 0.6) is 0 Å². The fourth-order valence-corrected chi connectivity index (χ4v) is 2.13. The first kappa shape index (κ1) is 13.5. The summed E-state index contributed by atoms with van der Waals surface area (Å²) in [7, 11) is 0. The number of aliphatic carboxylic acids is 1. The van der Waals surface area contributed by atoms with E-state index in [4.69, 9.17) is 5.11 Å². The van der Waals surface area contributed by atoms with E-state index < -0.39 is 5.97 Å². The van der Waals surface area contributed by atoms with Gasteiger partial charge < -0.3 is 10.0 Å². The molecular weight excluding hydrogens is 204 g/mol. The van der Waals surface area contributed by atoms with Crippen LogP contribution in [0.1, 0.15) is 26.7 Å². The Morgan fingerprint density at radius 1 is 1.25 bits per heavy atom. The summed E-state index contributed by atoms with van der Waals surface area (Å²) in [5, 5.41) is 8.75. The lowest BCUT2D eigenvalue weighted by atomic mass is 10.1. The highest BCUT2D eigenvalue weighted by molar-refractivity contribution is 5.69. The fraction of sp³-hybridized carbons (Fsp3) is 0.917. The lowest BCUT2D eigenvalue weighted by molar-refractivity contribution is -0.138. The topological polar surface area (TPSA) is 43.8 Å². The summed E-state index contributed by atoms with van der Waals surface area (Å²) in [6, 6.07) is 0. The molecule has 1 fully saturated rings. The van der Waals surface area contributed by atoms with E-state index in [1.807, 2.05) is 4.90 Å². The highest BCUT2D eigenvalue weighted by Crippen LogP contribution is 2.08. The van der Waals surface area contributed by atoms with Gasteiger partial charge in [0.1, 0.15) is 0 Å². The lowest BCUT2D eigenvalue weighted by Gasteiger charge is -2.23. The zero-order chi connectivity index (χ0) is 12.0. The average Bonchev–Trinajstić information content (AvgIpc) is 2.43. The largest absolute Gasteiger partial charge is 0.480 e. The molecule has 1 N–H and O–H groups in total.